The van der Waals surface area contributed by atoms with Gasteiger partial charge in [0.15, 0.2) is 18.9 Å². The molecular weight excluding hydrogens is 1370 g/mol. The van der Waals surface area contributed by atoms with Crippen LogP contribution in [0.5, 0.6) is 0 Å². The first-order chi connectivity index (χ1) is 52.8. The van der Waals surface area contributed by atoms with Crippen molar-refractivity contribution in [2.24, 2.45) is 0 Å². The van der Waals surface area contributed by atoms with E-state index in [-0.39, 0.29) is 18.9 Å². The highest BCUT2D eigenvalue weighted by molar-refractivity contribution is 5.76. The van der Waals surface area contributed by atoms with Crippen molar-refractivity contribution < 1.29 is 89.4 Å². The molecule has 3 saturated heterocycles. The Hall–Kier alpha value is -4.07. The Morgan fingerprint density at radius 3 is 0.991 bits per heavy atom. The standard InChI is InChI=1S/C89H151NO18/c1-3-5-7-9-11-13-15-17-19-21-23-25-27-29-31-32-33-34-35-36-37-38-39-40-41-43-45-47-49-51-53-55-57-59-61-63-65-67-77(95)90-72(73(94)66-64-62-60-58-56-54-52-50-48-46-44-42-30-28-26-24-22-20-18-16-14-12-10-8-6-4-2)71-103-87-83(101)80(98)85(75(69-92)105-87)108-89-84(102)81(99)86(76(70-93)106-89)107-88-82(100)79(97)78(96)74(68-91)104-88/h5,7,11,13,17,19,23,25,29,31,33-34,36-37,39-40,43,45,49,51,55,57,72-76,78-89,91-94,96-102H,3-4,6,8-10,12,14-16,18,20-22,24,26-28,30,32,35,38,41-42,44,46-48,50,52-54,56,58-71H2,1-2H3,(H,90,95)/b7-5-,13-11-,19-17-,25-23-,31-29-,34-33-,37-36-,40-39-,45-43-,51-49-,57-55-. The zero-order valence-electron chi connectivity index (χ0n) is 66.5. The van der Waals surface area contributed by atoms with Crippen LogP contribution in [0.4, 0.5) is 0 Å². The summed E-state index contributed by atoms with van der Waals surface area (Å²) in [7, 11) is 0. The first-order valence-electron chi connectivity index (χ1n) is 42.4. The van der Waals surface area contributed by atoms with Gasteiger partial charge < -0.3 is 89.9 Å². The molecule has 3 aliphatic rings. The summed E-state index contributed by atoms with van der Waals surface area (Å²) in [5.41, 5.74) is 0. The lowest BCUT2D eigenvalue weighted by Crippen LogP contribution is -2.66. The van der Waals surface area contributed by atoms with Crippen molar-refractivity contribution in [2.45, 2.75) is 394 Å². The molecule has 3 fully saturated rings. The van der Waals surface area contributed by atoms with Gasteiger partial charge in [-0.1, -0.05) is 321 Å². The number of allylic oxidation sites excluding steroid dienone is 22. The Morgan fingerprint density at radius 1 is 0.343 bits per heavy atom. The molecule has 1 amide bonds. The van der Waals surface area contributed by atoms with Crippen LogP contribution in [0, 0.1) is 0 Å². The lowest BCUT2D eigenvalue weighted by molar-refractivity contribution is -0.379. The lowest BCUT2D eigenvalue weighted by atomic mass is 9.96. The molecule has 620 valence electrons. The van der Waals surface area contributed by atoms with Gasteiger partial charge in [-0.2, -0.15) is 0 Å². The molecule has 0 spiro atoms. The van der Waals surface area contributed by atoms with Crippen LogP contribution in [0.1, 0.15) is 290 Å². The van der Waals surface area contributed by atoms with E-state index in [2.05, 4.69) is 153 Å². The first kappa shape index (κ1) is 98.1. The molecule has 17 atom stereocenters. The fourth-order valence-corrected chi connectivity index (χ4v) is 13.5. The fraction of sp³-hybridized carbons (Fsp3) is 0.742. The van der Waals surface area contributed by atoms with Gasteiger partial charge in [0.05, 0.1) is 38.6 Å². The Bertz CT molecular complexity index is 2470. The van der Waals surface area contributed by atoms with E-state index in [0.717, 1.165) is 109 Å². The molecule has 0 aromatic carbocycles. The van der Waals surface area contributed by atoms with Gasteiger partial charge in [-0.05, 0) is 96.3 Å². The highest BCUT2D eigenvalue weighted by atomic mass is 16.8. The van der Waals surface area contributed by atoms with E-state index in [1.165, 1.54) is 141 Å². The van der Waals surface area contributed by atoms with Crippen LogP contribution >= 0.6 is 0 Å². The minimum Gasteiger partial charge on any atom is -0.394 e. The molecule has 0 aromatic heterocycles. The minimum absolute atomic E-state index is 0.218. The maximum absolute atomic E-state index is 13.5. The molecule has 19 heteroatoms. The van der Waals surface area contributed by atoms with Gasteiger partial charge in [-0.3, -0.25) is 4.79 Å². The molecule has 0 bridgehead atoms. The summed E-state index contributed by atoms with van der Waals surface area (Å²) >= 11 is 0. The number of carbonyl (C=O) groups excluding carboxylic acids is 1. The third-order valence-electron chi connectivity index (χ3n) is 20.2. The van der Waals surface area contributed by atoms with Gasteiger partial charge in [0, 0.05) is 6.42 Å². The molecule has 3 rings (SSSR count). The molecule has 19 nitrogen and oxygen atoms in total. The summed E-state index contributed by atoms with van der Waals surface area (Å²) in [6.07, 6.45) is 69.6. The van der Waals surface area contributed by atoms with Crippen molar-refractivity contribution in [2.75, 3.05) is 26.4 Å². The van der Waals surface area contributed by atoms with Crippen molar-refractivity contribution in [1.82, 2.24) is 5.32 Å². The van der Waals surface area contributed by atoms with Crippen molar-refractivity contribution in [1.29, 1.82) is 0 Å². The van der Waals surface area contributed by atoms with Gasteiger partial charge in [-0.15, -0.1) is 0 Å². The summed E-state index contributed by atoms with van der Waals surface area (Å²) < 4.78 is 34.5. The maximum atomic E-state index is 13.5. The first-order valence-corrected chi connectivity index (χ1v) is 42.4. The van der Waals surface area contributed by atoms with Gasteiger partial charge >= 0.3 is 0 Å². The van der Waals surface area contributed by atoms with E-state index >= 15 is 0 Å². The Labute approximate surface area is 651 Å². The molecule has 17 unspecified atom stereocenters. The zero-order valence-corrected chi connectivity index (χ0v) is 66.5. The molecule has 0 aliphatic carbocycles. The highest BCUT2D eigenvalue weighted by Gasteiger charge is 2.54. The predicted octanol–water partition coefficient (Wildman–Crippen LogP) is 15.2. The number of aliphatic hydroxyl groups excluding tert-OH is 11. The zero-order chi connectivity index (χ0) is 78.1. The van der Waals surface area contributed by atoms with Crippen LogP contribution in [0.25, 0.3) is 0 Å². The second-order valence-electron chi connectivity index (χ2n) is 29.6. The summed E-state index contributed by atoms with van der Waals surface area (Å²) in [6, 6.07) is -0.918. The smallest absolute Gasteiger partial charge is 0.220 e. The molecular formula is C89H151NO18. The maximum Gasteiger partial charge on any atom is 0.220 e. The molecule has 12 N–H and O–H groups in total. The number of unbranched alkanes of at least 4 members (excludes halogenated alkanes) is 28. The van der Waals surface area contributed by atoms with E-state index in [1.807, 2.05) is 0 Å². The number of hydrogen-bond donors (Lipinski definition) is 12. The summed E-state index contributed by atoms with van der Waals surface area (Å²) in [5, 5.41) is 121. The van der Waals surface area contributed by atoms with E-state index < -0.39 is 124 Å². The third-order valence-corrected chi connectivity index (χ3v) is 20.2. The van der Waals surface area contributed by atoms with Crippen molar-refractivity contribution in [3.63, 3.8) is 0 Å². The van der Waals surface area contributed by atoms with Crippen molar-refractivity contribution >= 4 is 5.91 Å². The third kappa shape index (κ3) is 46.2. The number of aliphatic hydroxyl groups is 11. The number of hydrogen-bond acceptors (Lipinski definition) is 18. The van der Waals surface area contributed by atoms with Crippen LogP contribution < -0.4 is 5.32 Å². The van der Waals surface area contributed by atoms with Crippen molar-refractivity contribution in [3.8, 4) is 0 Å². The molecule has 3 heterocycles. The molecule has 108 heavy (non-hydrogen) atoms. The van der Waals surface area contributed by atoms with E-state index in [9.17, 15) is 61.0 Å². The normalized spacial score (nSPS) is 26.1. The number of amides is 1. The van der Waals surface area contributed by atoms with Crippen LogP contribution in [-0.2, 0) is 33.2 Å². The van der Waals surface area contributed by atoms with Gasteiger partial charge in [0.1, 0.15) is 73.2 Å². The van der Waals surface area contributed by atoms with E-state index in [1.54, 1.807) is 0 Å². The minimum atomic E-state index is -1.98. The molecule has 0 radical (unpaired) electrons. The number of rotatable bonds is 66. The van der Waals surface area contributed by atoms with Crippen molar-refractivity contribution in [3.05, 3.63) is 134 Å². The summed E-state index contributed by atoms with van der Waals surface area (Å²) in [4.78, 5) is 13.5. The van der Waals surface area contributed by atoms with Crippen LogP contribution in [0.15, 0.2) is 134 Å². The summed E-state index contributed by atoms with van der Waals surface area (Å²) in [5.74, 6) is -0.277. The van der Waals surface area contributed by atoms with Crippen LogP contribution in [-0.4, -0.2) is 193 Å². The molecule has 0 aromatic rings. The Balaban J connectivity index is 1.37. The van der Waals surface area contributed by atoms with Gasteiger partial charge in [0.25, 0.3) is 0 Å². The molecule has 3 aliphatic heterocycles. The fourth-order valence-electron chi connectivity index (χ4n) is 13.5. The van der Waals surface area contributed by atoms with Crippen LogP contribution in [0.3, 0.4) is 0 Å². The second-order valence-corrected chi connectivity index (χ2v) is 29.6. The highest BCUT2D eigenvalue weighted by Crippen LogP contribution is 2.33. The topological polar surface area (TPSA) is 307 Å². The quantitative estimate of drug-likeness (QED) is 0.0199. The second kappa shape index (κ2) is 67.4. The average Bonchev–Trinajstić information content (AvgIpc) is 0.779. The lowest BCUT2D eigenvalue weighted by Gasteiger charge is -2.48. The van der Waals surface area contributed by atoms with E-state index in [4.69, 9.17) is 28.4 Å². The Morgan fingerprint density at radius 2 is 0.639 bits per heavy atom. The average molecular weight is 1520 g/mol. The number of nitrogens with one attached hydrogen (secondary N) is 1. The SMILES string of the molecule is CC/C=C\C/C=C\C/C=C\C/C=C\C/C=C\C/C=C\C/C=C\C/C=C\C/C=C\C/C=C\C/C=C\CCCCCC(=O)NC(COC1OC(CO)C(OC2OC(CO)C(OC3OC(CO)C(O)C(O)C3O)C(O)C2O)C(O)C1O)C(O)CCCCCCCCCCCCCCCCCCCCCCCCCCCC. The monoisotopic (exact) mass is 1520 g/mol. The van der Waals surface area contributed by atoms with E-state index in [0.29, 0.717) is 19.3 Å². The number of ether oxygens (including phenoxy) is 6. The largest absolute Gasteiger partial charge is 0.394 e. The predicted molar refractivity (Wildman–Crippen MR) is 433 cm³/mol. The summed E-state index contributed by atoms with van der Waals surface area (Å²) in [6.45, 7) is 1.68. The number of carbonyl (C=O) groups is 1. The Kier molecular flexibility index (Phi) is 61.3. The molecule has 0 saturated carbocycles. The van der Waals surface area contributed by atoms with Gasteiger partial charge in [0.2, 0.25) is 5.91 Å². The van der Waals surface area contributed by atoms with Gasteiger partial charge in [-0.25, -0.2) is 0 Å². The van der Waals surface area contributed by atoms with Crippen LogP contribution in [0.2, 0.25) is 0 Å².